The van der Waals surface area contributed by atoms with Crippen molar-refractivity contribution < 1.29 is 80.8 Å². The number of benzene rings is 6. The smallest absolute Gasteiger partial charge is 0.463 e. The predicted molar refractivity (Wildman–Crippen MR) is 287 cm³/mol. The fourth-order valence-corrected chi connectivity index (χ4v) is 9.68. The van der Waals surface area contributed by atoms with Crippen molar-refractivity contribution in [2.24, 2.45) is 0 Å². The molecule has 0 radical (unpaired) electrons. The van der Waals surface area contributed by atoms with E-state index in [1.54, 1.807) is 54.6 Å². The highest BCUT2D eigenvalue weighted by molar-refractivity contribution is 7.99. The van der Waals surface area contributed by atoms with Crippen LogP contribution in [-0.4, -0.2) is 124 Å². The Morgan fingerprint density at radius 2 is 1.01 bits per heavy atom. The molecule has 0 aliphatic carbocycles. The van der Waals surface area contributed by atoms with E-state index < -0.39 is 111 Å². The summed E-state index contributed by atoms with van der Waals surface area (Å²) in [5.41, 5.74) is 1.92. The Kier molecular flexibility index (Phi) is 21.4. The molecule has 11 atom stereocenters. The molecule has 2 aliphatic heterocycles. The van der Waals surface area contributed by atoms with Crippen LogP contribution in [0, 0.1) is 0 Å². The number of ether oxygens (including phenoxy) is 12. The van der Waals surface area contributed by atoms with Gasteiger partial charge >= 0.3 is 30.0 Å². The normalized spacial score (nSPS) is 23.0. The summed E-state index contributed by atoms with van der Waals surface area (Å²) in [5, 5.41) is 0. The molecule has 0 bridgehead atoms. The minimum atomic E-state index is -1.62. The quantitative estimate of drug-likeness (QED) is 0.0240. The van der Waals surface area contributed by atoms with Crippen molar-refractivity contribution in [2.75, 3.05) is 32.7 Å². The largest absolute Gasteiger partial charge is 0.509 e. The van der Waals surface area contributed by atoms with Crippen LogP contribution in [0.4, 0.5) is 4.79 Å². The number of hydrogen-bond acceptors (Lipinski definition) is 18. The van der Waals surface area contributed by atoms with E-state index in [4.69, 9.17) is 56.8 Å². The van der Waals surface area contributed by atoms with E-state index in [0.717, 1.165) is 16.0 Å². The van der Waals surface area contributed by atoms with E-state index in [9.17, 15) is 24.0 Å². The van der Waals surface area contributed by atoms with Crippen molar-refractivity contribution in [3.63, 3.8) is 0 Å². The Morgan fingerprint density at radius 1 is 0.532 bits per heavy atom. The maximum Gasteiger partial charge on any atom is 0.509 e. The van der Waals surface area contributed by atoms with Crippen LogP contribution in [-0.2, 0) is 68.2 Å². The Morgan fingerprint density at radius 3 is 1.56 bits per heavy atom. The van der Waals surface area contributed by atoms with E-state index in [-0.39, 0.29) is 29.9 Å². The lowest BCUT2D eigenvalue weighted by atomic mass is 9.96. The number of thioether (sulfide) groups is 1. The van der Waals surface area contributed by atoms with Gasteiger partial charge in [0.1, 0.15) is 37.6 Å². The van der Waals surface area contributed by atoms with Gasteiger partial charge in [-0.3, -0.25) is 4.79 Å². The molecule has 6 aromatic rings. The zero-order valence-electron chi connectivity index (χ0n) is 43.3. The maximum atomic E-state index is 14.3. The first-order valence-corrected chi connectivity index (χ1v) is 26.4. The van der Waals surface area contributed by atoms with Crippen molar-refractivity contribution in [3.8, 4) is 0 Å². The van der Waals surface area contributed by atoms with Crippen LogP contribution in [0.25, 0.3) is 0 Å². The SMILES string of the molecule is C=CCOC(=O)O[C@@H]1[C@@H](O[C@H](CSc2ccccc2)c2ccccc2)[C@@H](OC[C@H]2O[C@H](OC)[C@H](OC(=O)c3ccccc3)[C@@H](OC(=O)c3ccccc3)[C@@H]2OC(=O)c2ccccc2)O[C@H](COC(C)=O)[C@H]1OCc1ccccc1. The molecule has 79 heavy (non-hydrogen) atoms. The molecule has 8 rings (SSSR count). The van der Waals surface area contributed by atoms with Crippen LogP contribution in [0.5, 0.6) is 0 Å². The van der Waals surface area contributed by atoms with Gasteiger partial charge in [0.2, 0.25) is 0 Å². The average Bonchev–Trinajstić information content (AvgIpc) is 3.52. The summed E-state index contributed by atoms with van der Waals surface area (Å²) in [4.78, 5) is 69.7. The molecule has 0 N–H and O–H groups in total. The Bertz CT molecular complexity index is 2870. The highest BCUT2D eigenvalue weighted by atomic mass is 32.2. The fourth-order valence-electron chi connectivity index (χ4n) is 8.72. The highest BCUT2D eigenvalue weighted by Crippen LogP contribution is 2.38. The van der Waals surface area contributed by atoms with E-state index in [0.29, 0.717) is 5.75 Å². The van der Waals surface area contributed by atoms with Crippen LogP contribution < -0.4 is 0 Å². The average molecular weight is 1100 g/mol. The molecule has 6 aromatic carbocycles. The third kappa shape index (κ3) is 16.2. The predicted octanol–water partition coefficient (Wildman–Crippen LogP) is 9.55. The summed E-state index contributed by atoms with van der Waals surface area (Å²) in [6.07, 6.45) is -15.0. The number of esters is 4. The molecular weight excluding hydrogens is 1040 g/mol. The first-order chi connectivity index (χ1) is 38.6. The minimum absolute atomic E-state index is 0.0148. The highest BCUT2D eigenvalue weighted by Gasteiger charge is 2.56. The molecule has 0 saturated carbocycles. The van der Waals surface area contributed by atoms with Gasteiger partial charge in [-0.25, -0.2) is 19.2 Å². The Balaban J connectivity index is 1.21. The number of rotatable bonds is 24. The van der Waals surface area contributed by atoms with Gasteiger partial charge in [-0.05, 0) is 59.7 Å². The van der Waals surface area contributed by atoms with Gasteiger partial charge in [-0.2, -0.15) is 0 Å². The lowest BCUT2D eigenvalue weighted by Gasteiger charge is -2.47. The second-order valence-corrected chi connectivity index (χ2v) is 19.1. The van der Waals surface area contributed by atoms with E-state index in [1.807, 2.05) is 91.0 Å². The van der Waals surface area contributed by atoms with Crippen LogP contribution >= 0.6 is 11.8 Å². The fraction of sp³-hybridized carbons (Fsp3) is 0.295. The first kappa shape index (κ1) is 57.5. The molecule has 0 aromatic heterocycles. The van der Waals surface area contributed by atoms with E-state index in [2.05, 4.69) is 6.58 Å². The summed E-state index contributed by atoms with van der Waals surface area (Å²) in [6.45, 7) is 3.70. The zero-order chi connectivity index (χ0) is 55.3. The van der Waals surface area contributed by atoms with Crippen molar-refractivity contribution in [1.29, 1.82) is 0 Å². The van der Waals surface area contributed by atoms with Gasteiger partial charge in [0.25, 0.3) is 0 Å². The molecule has 18 heteroatoms. The summed E-state index contributed by atoms with van der Waals surface area (Å²) in [7, 11) is 1.30. The third-order valence-corrected chi connectivity index (χ3v) is 13.6. The zero-order valence-corrected chi connectivity index (χ0v) is 44.2. The van der Waals surface area contributed by atoms with E-state index >= 15 is 0 Å². The molecule has 2 heterocycles. The number of carbonyl (C=O) groups excluding carboxylic acids is 5. The van der Waals surface area contributed by atoms with Gasteiger partial charge in [0.15, 0.2) is 37.0 Å². The lowest BCUT2D eigenvalue weighted by Crippen LogP contribution is -2.65. The summed E-state index contributed by atoms with van der Waals surface area (Å²) in [5.74, 6) is -2.85. The standard InChI is InChI=1S/C61H60O17S/c1-4-35-68-61(66)78-52-50(70-36-41-23-11-5-12-24-41)47(37-69-40(2)62)74-60(55(52)72-49(42-25-13-6-14-26-42)39-79-46-33-21-10-22-34-46)71-38-48-51(75-56(63)43-27-15-7-16-28-43)53(76-57(64)44-29-17-8-18-30-44)54(59(67-3)73-48)77-58(65)45-31-19-9-20-32-45/h4-34,47-55,59-60H,1,35-39H2,2-3H3/t47-,48-,49-,50-,51-,52+,53+,54-,55-,59+,60+/m1/s1. The molecule has 2 aliphatic rings. The molecule has 2 fully saturated rings. The molecular formula is C61H60O17S. The number of carbonyl (C=O) groups is 5. The second-order valence-electron chi connectivity index (χ2n) is 18.0. The van der Waals surface area contributed by atoms with Crippen LogP contribution in [0.1, 0.15) is 55.2 Å². The minimum Gasteiger partial charge on any atom is -0.463 e. The molecule has 0 unspecified atom stereocenters. The Labute approximate surface area is 461 Å². The van der Waals surface area contributed by atoms with Crippen LogP contribution in [0.15, 0.2) is 200 Å². The molecule has 412 valence electrons. The van der Waals surface area contributed by atoms with Gasteiger partial charge in [0, 0.05) is 24.7 Å². The summed E-state index contributed by atoms with van der Waals surface area (Å²) >= 11 is 1.51. The topological polar surface area (TPSA) is 196 Å². The summed E-state index contributed by atoms with van der Waals surface area (Å²) in [6, 6.07) is 52.5. The van der Waals surface area contributed by atoms with Crippen molar-refractivity contribution >= 4 is 41.8 Å². The van der Waals surface area contributed by atoms with Gasteiger partial charge in [-0.1, -0.05) is 146 Å². The number of hydrogen-bond donors (Lipinski definition) is 0. The number of methoxy groups -OCH3 is 1. The first-order valence-electron chi connectivity index (χ1n) is 25.4. The summed E-state index contributed by atoms with van der Waals surface area (Å²) < 4.78 is 75.6. The second kappa shape index (κ2) is 29.3. The van der Waals surface area contributed by atoms with E-state index in [1.165, 1.54) is 68.3 Å². The maximum absolute atomic E-state index is 14.3. The monoisotopic (exact) mass is 1100 g/mol. The molecule has 0 amide bonds. The van der Waals surface area contributed by atoms with Gasteiger partial charge in [0.05, 0.1) is 36.0 Å². The van der Waals surface area contributed by atoms with Crippen LogP contribution in [0.2, 0.25) is 0 Å². The van der Waals surface area contributed by atoms with Crippen molar-refractivity contribution in [2.45, 2.75) is 85.9 Å². The molecule has 0 spiro atoms. The third-order valence-electron chi connectivity index (χ3n) is 12.5. The Hall–Kier alpha value is -7.68. The van der Waals surface area contributed by atoms with Crippen LogP contribution in [0.3, 0.4) is 0 Å². The van der Waals surface area contributed by atoms with Crippen molar-refractivity contribution in [3.05, 3.63) is 222 Å². The van der Waals surface area contributed by atoms with Gasteiger partial charge < -0.3 is 56.8 Å². The molecule has 17 nitrogen and oxygen atoms in total. The van der Waals surface area contributed by atoms with Gasteiger partial charge in [-0.15, -0.1) is 11.8 Å². The lowest BCUT2D eigenvalue weighted by molar-refractivity contribution is -0.340. The van der Waals surface area contributed by atoms with Crippen molar-refractivity contribution in [1.82, 2.24) is 0 Å². The molecule has 2 saturated heterocycles.